The van der Waals surface area contributed by atoms with Crippen LogP contribution in [0.5, 0.6) is 0 Å². The third-order valence-electron chi connectivity index (χ3n) is 5.04. The Morgan fingerprint density at radius 3 is 2.29 bits per heavy atom. The van der Waals surface area contributed by atoms with E-state index in [-0.39, 0.29) is 17.2 Å². The van der Waals surface area contributed by atoms with E-state index in [1.165, 1.54) is 44.2 Å². The van der Waals surface area contributed by atoms with Crippen molar-refractivity contribution >= 4 is 28.7 Å². The third kappa shape index (κ3) is 4.79. The number of hydrogen-bond donors (Lipinski definition) is 2. The number of anilines is 3. The highest BCUT2D eigenvalue weighted by molar-refractivity contribution is 6.08. The fourth-order valence-corrected chi connectivity index (χ4v) is 3.54. The fourth-order valence-electron chi connectivity index (χ4n) is 3.54. The summed E-state index contributed by atoms with van der Waals surface area (Å²) in [6, 6.07) is 12.4. The Hall–Kier alpha value is -3.09. The zero-order valence-electron chi connectivity index (χ0n) is 16.3. The van der Waals surface area contributed by atoms with Crippen molar-refractivity contribution in [1.29, 1.82) is 0 Å². The first-order valence-electron chi connectivity index (χ1n) is 9.58. The van der Waals surface area contributed by atoms with Gasteiger partial charge in [-0.3, -0.25) is 14.9 Å². The van der Waals surface area contributed by atoms with Crippen molar-refractivity contribution in [3.8, 4) is 0 Å². The molecule has 0 unspecified atom stereocenters. The highest BCUT2D eigenvalue weighted by atomic mass is 16.6. The number of nitro benzene ring substituents is 1. The maximum Gasteiger partial charge on any atom is 0.270 e. The minimum absolute atomic E-state index is 0.109. The molecule has 2 aromatic carbocycles. The van der Waals surface area contributed by atoms with Crippen LogP contribution in [0.2, 0.25) is 0 Å². The lowest BCUT2D eigenvalue weighted by Gasteiger charge is -2.24. The molecule has 1 saturated carbocycles. The van der Waals surface area contributed by atoms with E-state index >= 15 is 0 Å². The average molecular weight is 382 g/mol. The SMILES string of the molecule is CN(C)c1ccc([N+](=O)[O-])cc1C(=O)Nc1ccc(NC2CCCCC2)cc1. The Bertz CT molecular complexity index is 843. The molecular formula is C21H26N4O3. The number of hydrogen-bond acceptors (Lipinski definition) is 5. The van der Waals surface area contributed by atoms with E-state index in [1.807, 2.05) is 24.3 Å². The first-order chi connectivity index (χ1) is 13.4. The summed E-state index contributed by atoms with van der Waals surface area (Å²) in [6.07, 6.45) is 6.24. The first kappa shape index (κ1) is 19.7. The van der Waals surface area contributed by atoms with Crippen LogP contribution in [0.25, 0.3) is 0 Å². The zero-order valence-corrected chi connectivity index (χ0v) is 16.3. The van der Waals surface area contributed by atoms with E-state index in [4.69, 9.17) is 0 Å². The van der Waals surface area contributed by atoms with E-state index in [0.29, 0.717) is 17.4 Å². The van der Waals surface area contributed by atoms with Crippen molar-refractivity contribution in [2.45, 2.75) is 38.1 Å². The molecule has 7 nitrogen and oxygen atoms in total. The van der Waals surface area contributed by atoms with Gasteiger partial charge in [-0.15, -0.1) is 0 Å². The number of benzene rings is 2. The zero-order chi connectivity index (χ0) is 20.1. The lowest BCUT2D eigenvalue weighted by Crippen LogP contribution is -2.22. The van der Waals surface area contributed by atoms with Crippen LogP contribution in [0.4, 0.5) is 22.7 Å². The number of carbonyl (C=O) groups excluding carboxylic acids is 1. The number of nitrogens with one attached hydrogen (secondary N) is 2. The Morgan fingerprint density at radius 2 is 1.68 bits per heavy atom. The maximum atomic E-state index is 12.7. The summed E-state index contributed by atoms with van der Waals surface area (Å²) < 4.78 is 0. The predicted molar refractivity (Wildman–Crippen MR) is 112 cm³/mol. The van der Waals surface area contributed by atoms with Crippen LogP contribution in [0.15, 0.2) is 42.5 Å². The number of carbonyl (C=O) groups is 1. The molecule has 0 spiro atoms. The summed E-state index contributed by atoms with van der Waals surface area (Å²) >= 11 is 0. The smallest absolute Gasteiger partial charge is 0.270 e. The molecule has 0 saturated heterocycles. The van der Waals surface area contributed by atoms with Gasteiger partial charge in [0.25, 0.3) is 11.6 Å². The number of nitro groups is 1. The van der Waals surface area contributed by atoms with Crippen LogP contribution in [0.3, 0.4) is 0 Å². The minimum atomic E-state index is -0.498. The van der Waals surface area contributed by atoms with E-state index in [9.17, 15) is 14.9 Å². The van der Waals surface area contributed by atoms with Gasteiger partial charge in [0.2, 0.25) is 0 Å². The van der Waals surface area contributed by atoms with Gasteiger partial charge in [-0.05, 0) is 43.2 Å². The topological polar surface area (TPSA) is 87.5 Å². The van der Waals surface area contributed by atoms with Crippen LogP contribution in [-0.2, 0) is 0 Å². The molecule has 0 atom stereocenters. The summed E-state index contributed by atoms with van der Waals surface area (Å²) in [5, 5.41) is 17.4. The number of amides is 1. The second-order valence-electron chi connectivity index (χ2n) is 7.36. The van der Waals surface area contributed by atoms with E-state index in [0.717, 1.165) is 5.69 Å². The van der Waals surface area contributed by atoms with Crippen molar-refractivity contribution in [2.75, 3.05) is 29.6 Å². The Kier molecular flexibility index (Phi) is 6.13. The molecule has 1 fully saturated rings. The monoisotopic (exact) mass is 382 g/mol. The molecule has 0 bridgehead atoms. The van der Waals surface area contributed by atoms with Crippen molar-refractivity contribution in [2.24, 2.45) is 0 Å². The van der Waals surface area contributed by atoms with Gasteiger partial charge in [0.05, 0.1) is 10.5 Å². The van der Waals surface area contributed by atoms with Crippen LogP contribution in [0, 0.1) is 10.1 Å². The van der Waals surface area contributed by atoms with Crippen LogP contribution in [0.1, 0.15) is 42.5 Å². The predicted octanol–water partition coefficient (Wildman–Crippen LogP) is 4.66. The van der Waals surface area contributed by atoms with Crippen LogP contribution >= 0.6 is 0 Å². The Balaban J connectivity index is 1.72. The maximum absolute atomic E-state index is 12.7. The number of non-ortho nitro benzene ring substituents is 1. The standard InChI is InChI=1S/C21H26N4O3/c1-24(2)20-13-12-18(25(27)28)14-19(20)21(26)23-17-10-8-16(9-11-17)22-15-6-4-3-5-7-15/h8-15,22H,3-7H2,1-2H3,(H,23,26). The third-order valence-corrected chi connectivity index (χ3v) is 5.04. The van der Waals surface area contributed by atoms with Gasteiger partial charge in [0, 0.05) is 49.3 Å². The van der Waals surface area contributed by atoms with Crippen molar-refractivity contribution in [3.63, 3.8) is 0 Å². The summed E-state index contributed by atoms with van der Waals surface area (Å²) in [5.41, 5.74) is 2.47. The van der Waals surface area contributed by atoms with Gasteiger partial charge >= 0.3 is 0 Å². The van der Waals surface area contributed by atoms with Crippen molar-refractivity contribution in [1.82, 2.24) is 0 Å². The molecule has 2 N–H and O–H groups in total. The molecule has 0 heterocycles. The fraction of sp³-hybridized carbons (Fsp3) is 0.381. The summed E-state index contributed by atoms with van der Waals surface area (Å²) in [6.45, 7) is 0. The summed E-state index contributed by atoms with van der Waals surface area (Å²) in [4.78, 5) is 25.1. The highest BCUT2D eigenvalue weighted by Crippen LogP contribution is 2.26. The lowest BCUT2D eigenvalue weighted by atomic mass is 9.95. The number of rotatable bonds is 6. The highest BCUT2D eigenvalue weighted by Gasteiger charge is 2.18. The van der Waals surface area contributed by atoms with E-state index < -0.39 is 4.92 Å². The molecule has 1 aliphatic rings. The van der Waals surface area contributed by atoms with Gasteiger partial charge in [-0.1, -0.05) is 19.3 Å². The van der Waals surface area contributed by atoms with E-state index in [2.05, 4.69) is 10.6 Å². The largest absolute Gasteiger partial charge is 0.382 e. The van der Waals surface area contributed by atoms with Gasteiger partial charge in [-0.2, -0.15) is 0 Å². The normalized spacial score (nSPS) is 14.4. The molecule has 2 aromatic rings. The molecule has 148 valence electrons. The molecular weight excluding hydrogens is 356 g/mol. The Morgan fingerprint density at radius 1 is 1.04 bits per heavy atom. The van der Waals surface area contributed by atoms with Crippen molar-refractivity contribution < 1.29 is 9.72 Å². The van der Waals surface area contributed by atoms with Crippen LogP contribution < -0.4 is 15.5 Å². The van der Waals surface area contributed by atoms with Gasteiger partial charge in [0.15, 0.2) is 0 Å². The lowest BCUT2D eigenvalue weighted by molar-refractivity contribution is -0.384. The van der Waals surface area contributed by atoms with Gasteiger partial charge in [-0.25, -0.2) is 0 Å². The molecule has 0 aromatic heterocycles. The molecule has 0 radical (unpaired) electrons. The van der Waals surface area contributed by atoms with Crippen molar-refractivity contribution in [3.05, 3.63) is 58.1 Å². The molecule has 7 heteroatoms. The van der Waals surface area contributed by atoms with Gasteiger partial charge in [0.1, 0.15) is 0 Å². The Labute approximate surface area is 164 Å². The molecule has 1 amide bonds. The molecule has 28 heavy (non-hydrogen) atoms. The summed E-state index contributed by atoms with van der Waals surface area (Å²) in [7, 11) is 3.59. The van der Waals surface area contributed by atoms with Gasteiger partial charge < -0.3 is 15.5 Å². The minimum Gasteiger partial charge on any atom is -0.382 e. The molecule has 1 aliphatic carbocycles. The second-order valence-corrected chi connectivity index (χ2v) is 7.36. The van der Waals surface area contributed by atoms with Crippen LogP contribution in [-0.4, -0.2) is 31.0 Å². The molecule has 0 aliphatic heterocycles. The second kappa shape index (κ2) is 8.73. The average Bonchev–Trinajstić information content (AvgIpc) is 2.69. The quantitative estimate of drug-likeness (QED) is 0.560. The van der Waals surface area contributed by atoms with E-state index in [1.54, 1.807) is 25.1 Å². The first-order valence-corrected chi connectivity index (χ1v) is 9.58. The number of nitrogens with zero attached hydrogens (tertiary/aromatic N) is 2. The molecule has 3 rings (SSSR count). The summed E-state index contributed by atoms with van der Waals surface area (Å²) in [5.74, 6) is -0.375.